The number of carbonyl (C=O) groups is 1. The standard InChI is InChI=1S/C26H30N4O2/c1-3-5-7-13-23-27-22-12-10-9-11-21(22)26-28-25(29-30(23)26)19-15-17-20(18-16-19)32-24(31)14-8-6-4-2/h9-12,15-18H,3-8,13-14H2,1-2H3. The van der Waals surface area contributed by atoms with Gasteiger partial charge in [-0.1, -0.05) is 51.7 Å². The minimum Gasteiger partial charge on any atom is -0.427 e. The van der Waals surface area contributed by atoms with Crippen LogP contribution in [0.2, 0.25) is 0 Å². The van der Waals surface area contributed by atoms with E-state index in [-0.39, 0.29) is 5.97 Å². The van der Waals surface area contributed by atoms with Gasteiger partial charge in [-0.15, -0.1) is 5.10 Å². The van der Waals surface area contributed by atoms with Crippen molar-refractivity contribution in [3.63, 3.8) is 0 Å². The number of esters is 1. The summed E-state index contributed by atoms with van der Waals surface area (Å²) in [5.41, 5.74) is 2.64. The third-order valence-electron chi connectivity index (χ3n) is 5.58. The van der Waals surface area contributed by atoms with Crippen LogP contribution in [0.3, 0.4) is 0 Å². The van der Waals surface area contributed by atoms with Crippen LogP contribution in [-0.2, 0) is 11.2 Å². The number of carbonyl (C=O) groups excluding carboxylic acids is 1. The fourth-order valence-electron chi connectivity index (χ4n) is 3.80. The maximum Gasteiger partial charge on any atom is 0.311 e. The molecule has 32 heavy (non-hydrogen) atoms. The van der Waals surface area contributed by atoms with Crippen LogP contribution in [-0.4, -0.2) is 25.6 Å². The summed E-state index contributed by atoms with van der Waals surface area (Å²) in [5, 5.41) is 5.78. The summed E-state index contributed by atoms with van der Waals surface area (Å²) in [4.78, 5) is 21.7. The van der Waals surface area contributed by atoms with E-state index in [4.69, 9.17) is 19.8 Å². The largest absolute Gasteiger partial charge is 0.427 e. The first-order valence-corrected chi connectivity index (χ1v) is 11.6. The van der Waals surface area contributed by atoms with Gasteiger partial charge in [-0.3, -0.25) is 4.79 Å². The lowest BCUT2D eigenvalue weighted by Gasteiger charge is -2.06. The Bertz CT molecular complexity index is 1200. The first kappa shape index (κ1) is 21.9. The van der Waals surface area contributed by atoms with Crippen molar-refractivity contribution >= 4 is 22.5 Å². The van der Waals surface area contributed by atoms with Crippen molar-refractivity contribution in [3.05, 3.63) is 54.4 Å². The van der Waals surface area contributed by atoms with E-state index >= 15 is 0 Å². The molecule has 166 valence electrons. The summed E-state index contributed by atoms with van der Waals surface area (Å²) in [7, 11) is 0. The monoisotopic (exact) mass is 430 g/mol. The molecule has 0 saturated carbocycles. The van der Waals surface area contributed by atoms with E-state index in [2.05, 4.69) is 13.8 Å². The number of ether oxygens (including phenoxy) is 1. The quantitative estimate of drug-likeness (QED) is 0.171. The highest BCUT2D eigenvalue weighted by atomic mass is 16.5. The molecule has 2 aromatic heterocycles. The number of hydrogen-bond acceptors (Lipinski definition) is 5. The fraction of sp³-hybridized carbons (Fsp3) is 0.385. The molecule has 2 aromatic carbocycles. The smallest absolute Gasteiger partial charge is 0.311 e. The van der Waals surface area contributed by atoms with Crippen LogP contribution in [0.15, 0.2) is 48.5 Å². The molecule has 0 amide bonds. The van der Waals surface area contributed by atoms with Gasteiger partial charge in [0.1, 0.15) is 11.6 Å². The van der Waals surface area contributed by atoms with Crippen molar-refractivity contribution in [1.82, 2.24) is 19.6 Å². The van der Waals surface area contributed by atoms with Crippen LogP contribution in [0.4, 0.5) is 0 Å². The Morgan fingerprint density at radius 1 is 0.906 bits per heavy atom. The van der Waals surface area contributed by atoms with Crippen molar-refractivity contribution in [2.75, 3.05) is 0 Å². The average molecular weight is 431 g/mol. The first-order valence-electron chi connectivity index (χ1n) is 11.6. The molecule has 0 aliphatic heterocycles. The number of unbranched alkanes of at least 4 members (excludes halogenated alkanes) is 4. The summed E-state index contributed by atoms with van der Waals surface area (Å²) >= 11 is 0. The Labute approximate surface area is 188 Å². The highest BCUT2D eigenvalue weighted by Gasteiger charge is 2.14. The summed E-state index contributed by atoms with van der Waals surface area (Å²) in [6.07, 6.45) is 7.70. The summed E-state index contributed by atoms with van der Waals surface area (Å²) in [6.45, 7) is 4.31. The van der Waals surface area contributed by atoms with Crippen molar-refractivity contribution in [2.45, 2.75) is 65.2 Å². The van der Waals surface area contributed by atoms with Gasteiger partial charge in [-0.2, -0.15) is 4.52 Å². The molecule has 4 aromatic rings. The van der Waals surface area contributed by atoms with Crippen molar-refractivity contribution < 1.29 is 9.53 Å². The Kier molecular flexibility index (Phi) is 7.10. The molecule has 0 aliphatic rings. The number of rotatable bonds is 10. The normalized spacial score (nSPS) is 11.3. The molecule has 6 heteroatoms. The Balaban J connectivity index is 1.61. The highest BCUT2D eigenvalue weighted by Crippen LogP contribution is 2.25. The van der Waals surface area contributed by atoms with E-state index in [0.717, 1.165) is 72.9 Å². The number of para-hydroxylation sites is 1. The maximum absolute atomic E-state index is 12.0. The molecule has 0 unspecified atom stereocenters. The number of benzene rings is 2. The average Bonchev–Trinajstić information content (AvgIpc) is 3.26. The molecule has 4 rings (SSSR count). The zero-order valence-electron chi connectivity index (χ0n) is 18.9. The van der Waals surface area contributed by atoms with Crippen LogP contribution in [0.25, 0.3) is 27.9 Å². The fourth-order valence-corrected chi connectivity index (χ4v) is 3.80. The lowest BCUT2D eigenvalue weighted by atomic mass is 10.2. The van der Waals surface area contributed by atoms with E-state index in [0.29, 0.717) is 18.0 Å². The second kappa shape index (κ2) is 10.4. The molecular formula is C26H30N4O2. The van der Waals surface area contributed by atoms with Gasteiger partial charge in [0.25, 0.3) is 0 Å². The van der Waals surface area contributed by atoms with E-state index in [9.17, 15) is 4.79 Å². The van der Waals surface area contributed by atoms with E-state index < -0.39 is 0 Å². The van der Waals surface area contributed by atoms with Crippen LogP contribution in [0.1, 0.15) is 64.6 Å². The molecule has 0 spiro atoms. The number of fused-ring (bicyclic) bond motifs is 3. The molecule has 0 saturated heterocycles. The minimum atomic E-state index is -0.189. The molecule has 0 N–H and O–H groups in total. The lowest BCUT2D eigenvalue weighted by molar-refractivity contribution is -0.134. The second-order valence-electron chi connectivity index (χ2n) is 8.13. The van der Waals surface area contributed by atoms with Gasteiger partial charge in [-0.05, 0) is 49.2 Å². The van der Waals surface area contributed by atoms with Crippen LogP contribution < -0.4 is 4.74 Å². The minimum absolute atomic E-state index is 0.189. The van der Waals surface area contributed by atoms with E-state index in [1.165, 1.54) is 0 Å². The molecule has 0 aliphatic carbocycles. The zero-order valence-corrected chi connectivity index (χ0v) is 18.9. The zero-order chi connectivity index (χ0) is 22.3. The van der Waals surface area contributed by atoms with Crippen molar-refractivity contribution in [1.29, 1.82) is 0 Å². The highest BCUT2D eigenvalue weighted by molar-refractivity contribution is 5.91. The van der Waals surface area contributed by atoms with Gasteiger partial charge >= 0.3 is 5.97 Å². The van der Waals surface area contributed by atoms with Gasteiger partial charge < -0.3 is 4.74 Å². The summed E-state index contributed by atoms with van der Waals surface area (Å²) in [5.74, 6) is 1.93. The topological polar surface area (TPSA) is 69.4 Å². The Morgan fingerprint density at radius 2 is 1.66 bits per heavy atom. The van der Waals surface area contributed by atoms with Crippen molar-refractivity contribution in [2.24, 2.45) is 0 Å². The van der Waals surface area contributed by atoms with Gasteiger partial charge in [0, 0.05) is 23.8 Å². The summed E-state index contributed by atoms with van der Waals surface area (Å²) in [6, 6.07) is 15.5. The molecule has 0 fully saturated rings. The van der Waals surface area contributed by atoms with Gasteiger partial charge in [-0.25, -0.2) is 9.97 Å². The Morgan fingerprint density at radius 3 is 2.44 bits per heavy atom. The van der Waals surface area contributed by atoms with E-state index in [1.54, 1.807) is 12.1 Å². The molecule has 0 radical (unpaired) electrons. The number of nitrogens with zero attached hydrogens (tertiary/aromatic N) is 4. The third kappa shape index (κ3) is 4.96. The molecule has 0 bridgehead atoms. The lowest BCUT2D eigenvalue weighted by Crippen LogP contribution is -2.07. The van der Waals surface area contributed by atoms with Crippen molar-refractivity contribution in [3.8, 4) is 17.1 Å². The van der Waals surface area contributed by atoms with E-state index in [1.807, 2.05) is 40.9 Å². The number of aryl methyl sites for hydroxylation is 1. The SMILES string of the molecule is CCCCCC(=O)Oc1ccc(-c2nc3c4ccccc4nc(CCCCC)n3n2)cc1. The van der Waals surface area contributed by atoms with Gasteiger partial charge in [0.15, 0.2) is 11.5 Å². The molecular weight excluding hydrogens is 400 g/mol. The predicted molar refractivity (Wildman–Crippen MR) is 127 cm³/mol. The first-order chi connectivity index (χ1) is 15.7. The number of hydrogen-bond donors (Lipinski definition) is 0. The van der Waals surface area contributed by atoms with Crippen LogP contribution in [0, 0.1) is 0 Å². The maximum atomic E-state index is 12.0. The van der Waals surface area contributed by atoms with Gasteiger partial charge in [0.05, 0.1) is 5.52 Å². The molecule has 6 nitrogen and oxygen atoms in total. The number of aromatic nitrogens is 4. The predicted octanol–water partition coefficient (Wildman–Crippen LogP) is 6.16. The summed E-state index contributed by atoms with van der Waals surface area (Å²) < 4.78 is 7.33. The third-order valence-corrected chi connectivity index (χ3v) is 5.58. The van der Waals surface area contributed by atoms with Crippen LogP contribution >= 0.6 is 0 Å². The second-order valence-corrected chi connectivity index (χ2v) is 8.13. The van der Waals surface area contributed by atoms with Gasteiger partial charge in [0.2, 0.25) is 0 Å². The molecule has 2 heterocycles. The Hall–Kier alpha value is -3.28. The van der Waals surface area contributed by atoms with Crippen LogP contribution in [0.5, 0.6) is 5.75 Å². The molecule has 0 atom stereocenters.